The quantitative estimate of drug-likeness (QED) is 0.664. The van der Waals surface area contributed by atoms with E-state index in [1.807, 2.05) is 13.1 Å². The molecule has 0 fully saturated rings. The molecule has 0 aliphatic rings. The summed E-state index contributed by atoms with van der Waals surface area (Å²) in [4.78, 5) is 0. The van der Waals surface area contributed by atoms with Gasteiger partial charge in [0.2, 0.25) is 0 Å². The molecular weight excluding hydrogens is 140 g/mol. The molecule has 0 aromatic carbocycles. The molecule has 11 heavy (non-hydrogen) atoms. The summed E-state index contributed by atoms with van der Waals surface area (Å²) in [5.74, 6) is 0. The lowest BCUT2D eigenvalue weighted by Crippen LogP contribution is -2.00. The Kier molecular flexibility index (Phi) is 2.29. The van der Waals surface area contributed by atoms with Gasteiger partial charge in [0.25, 0.3) is 0 Å². The number of nitriles is 1. The van der Waals surface area contributed by atoms with Gasteiger partial charge in [-0.15, -0.1) is 0 Å². The molecule has 0 radical (unpaired) electrons. The van der Waals surface area contributed by atoms with Gasteiger partial charge in [0.15, 0.2) is 0 Å². The molecule has 1 N–H and O–H groups in total. The lowest BCUT2D eigenvalue weighted by Gasteiger charge is -2.00. The number of hydrogen-bond acceptors (Lipinski definition) is 2. The first-order valence-corrected chi connectivity index (χ1v) is 3.45. The monoisotopic (exact) mass is 150 g/mol. The van der Waals surface area contributed by atoms with Crippen molar-refractivity contribution in [3.05, 3.63) is 23.5 Å². The van der Waals surface area contributed by atoms with Crippen molar-refractivity contribution in [2.45, 2.75) is 6.42 Å². The first-order chi connectivity index (χ1) is 5.29. The molecule has 1 aromatic heterocycles. The van der Waals surface area contributed by atoms with Crippen LogP contribution in [0.3, 0.4) is 0 Å². The van der Waals surface area contributed by atoms with E-state index in [2.05, 4.69) is 6.07 Å². The molecule has 1 rings (SSSR count). The van der Waals surface area contributed by atoms with Crippen molar-refractivity contribution in [1.29, 1.82) is 5.26 Å². The predicted molar refractivity (Wildman–Crippen MR) is 40.9 cm³/mol. The lowest BCUT2D eigenvalue weighted by molar-refractivity contribution is 0.297. The van der Waals surface area contributed by atoms with Gasteiger partial charge < -0.3 is 9.67 Å². The van der Waals surface area contributed by atoms with Crippen LogP contribution in [-0.4, -0.2) is 16.3 Å². The molecule has 58 valence electrons. The number of hydrogen-bond donors (Lipinski definition) is 1. The van der Waals surface area contributed by atoms with Crippen LogP contribution in [0.4, 0.5) is 0 Å². The highest BCUT2D eigenvalue weighted by molar-refractivity contribution is 5.26. The lowest BCUT2D eigenvalue weighted by atomic mass is 10.3. The van der Waals surface area contributed by atoms with Crippen LogP contribution in [0.5, 0.6) is 0 Å². The third-order valence-corrected chi connectivity index (χ3v) is 1.71. The van der Waals surface area contributed by atoms with Crippen molar-refractivity contribution >= 4 is 0 Å². The summed E-state index contributed by atoms with van der Waals surface area (Å²) in [7, 11) is 1.82. The second-order valence-electron chi connectivity index (χ2n) is 2.35. The van der Waals surface area contributed by atoms with Crippen LogP contribution in [-0.2, 0) is 13.5 Å². The molecular formula is C8H10N2O. The molecule has 0 amide bonds. The Morgan fingerprint density at radius 2 is 2.36 bits per heavy atom. The molecule has 0 aliphatic carbocycles. The van der Waals surface area contributed by atoms with Crippen molar-refractivity contribution in [1.82, 2.24) is 4.57 Å². The fourth-order valence-corrected chi connectivity index (χ4v) is 1.03. The van der Waals surface area contributed by atoms with Crippen molar-refractivity contribution in [2.24, 2.45) is 7.05 Å². The minimum Gasteiger partial charge on any atom is -0.396 e. The molecule has 3 nitrogen and oxygen atoms in total. The summed E-state index contributed by atoms with van der Waals surface area (Å²) >= 11 is 0. The predicted octanol–water partition coefficient (Wildman–Crippen LogP) is 0.432. The van der Waals surface area contributed by atoms with E-state index in [1.165, 1.54) is 0 Å². The maximum Gasteiger partial charge on any atom is 0.120 e. The van der Waals surface area contributed by atoms with Gasteiger partial charge in [0.05, 0.1) is 0 Å². The van der Waals surface area contributed by atoms with E-state index >= 15 is 0 Å². The van der Waals surface area contributed by atoms with E-state index in [-0.39, 0.29) is 6.61 Å². The maximum atomic E-state index is 8.63. The van der Waals surface area contributed by atoms with Gasteiger partial charge in [0, 0.05) is 25.8 Å². The SMILES string of the molecule is Cn1c(C#N)ccc1CCO. The summed E-state index contributed by atoms with van der Waals surface area (Å²) in [6.07, 6.45) is 0.609. The largest absolute Gasteiger partial charge is 0.396 e. The van der Waals surface area contributed by atoms with Gasteiger partial charge in [-0.1, -0.05) is 0 Å². The maximum absolute atomic E-state index is 8.63. The third kappa shape index (κ3) is 1.41. The highest BCUT2D eigenvalue weighted by atomic mass is 16.3. The van der Waals surface area contributed by atoms with Gasteiger partial charge in [-0.25, -0.2) is 0 Å². The molecule has 0 saturated heterocycles. The van der Waals surface area contributed by atoms with Gasteiger partial charge in [-0.2, -0.15) is 5.26 Å². The average Bonchev–Trinajstić information content (AvgIpc) is 2.34. The number of aliphatic hydroxyl groups is 1. The van der Waals surface area contributed by atoms with E-state index in [1.54, 1.807) is 10.6 Å². The summed E-state index contributed by atoms with van der Waals surface area (Å²) < 4.78 is 1.79. The van der Waals surface area contributed by atoms with E-state index in [4.69, 9.17) is 10.4 Å². The standard InChI is InChI=1S/C8H10N2O/c1-10-7(4-5-11)2-3-8(10)6-9/h2-3,11H,4-5H2,1H3. The Hall–Kier alpha value is -1.27. The van der Waals surface area contributed by atoms with Crippen LogP contribution in [0.2, 0.25) is 0 Å². The van der Waals surface area contributed by atoms with E-state index in [0.29, 0.717) is 12.1 Å². The van der Waals surface area contributed by atoms with Crippen LogP contribution in [0.25, 0.3) is 0 Å². The Balaban J connectivity index is 2.93. The number of aliphatic hydroxyl groups excluding tert-OH is 1. The topological polar surface area (TPSA) is 49.0 Å². The second-order valence-corrected chi connectivity index (χ2v) is 2.35. The number of rotatable bonds is 2. The zero-order valence-corrected chi connectivity index (χ0v) is 6.41. The van der Waals surface area contributed by atoms with Crippen LogP contribution in [0.15, 0.2) is 12.1 Å². The number of aromatic nitrogens is 1. The minimum atomic E-state index is 0.128. The molecule has 1 heterocycles. The fourth-order valence-electron chi connectivity index (χ4n) is 1.03. The zero-order valence-electron chi connectivity index (χ0n) is 6.41. The molecule has 0 unspecified atom stereocenters. The van der Waals surface area contributed by atoms with Crippen LogP contribution >= 0.6 is 0 Å². The highest BCUT2D eigenvalue weighted by Crippen LogP contribution is 2.05. The van der Waals surface area contributed by atoms with E-state index in [0.717, 1.165) is 5.69 Å². The molecule has 0 saturated carbocycles. The zero-order chi connectivity index (χ0) is 8.27. The molecule has 3 heteroatoms. The summed E-state index contributed by atoms with van der Waals surface area (Å²) in [5.41, 5.74) is 1.62. The highest BCUT2D eigenvalue weighted by Gasteiger charge is 2.01. The Bertz CT molecular complexity index is 283. The van der Waals surface area contributed by atoms with Crippen LogP contribution < -0.4 is 0 Å². The average molecular weight is 150 g/mol. The first-order valence-electron chi connectivity index (χ1n) is 3.45. The van der Waals surface area contributed by atoms with Crippen molar-refractivity contribution < 1.29 is 5.11 Å². The third-order valence-electron chi connectivity index (χ3n) is 1.71. The van der Waals surface area contributed by atoms with E-state index < -0.39 is 0 Å². The van der Waals surface area contributed by atoms with Gasteiger partial charge in [-0.05, 0) is 12.1 Å². The first kappa shape index (κ1) is 7.83. The molecule has 1 aromatic rings. The molecule has 0 spiro atoms. The summed E-state index contributed by atoms with van der Waals surface area (Å²) in [6, 6.07) is 5.67. The Labute approximate surface area is 65.5 Å². The summed E-state index contributed by atoms with van der Waals surface area (Å²) in [5, 5.41) is 17.2. The second kappa shape index (κ2) is 3.22. The van der Waals surface area contributed by atoms with Gasteiger partial charge >= 0.3 is 0 Å². The summed E-state index contributed by atoms with van der Waals surface area (Å²) in [6.45, 7) is 0.128. The minimum absolute atomic E-state index is 0.128. The Morgan fingerprint density at radius 1 is 1.64 bits per heavy atom. The van der Waals surface area contributed by atoms with Gasteiger partial charge in [0.1, 0.15) is 11.8 Å². The van der Waals surface area contributed by atoms with Crippen molar-refractivity contribution in [3.63, 3.8) is 0 Å². The van der Waals surface area contributed by atoms with Crippen molar-refractivity contribution in [2.75, 3.05) is 6.61 Å². The van der Waals surface area contributed by atoms with E-state index in [9.17, 15) is 0 Å². The molecule has 0 atom stereocenters. The van der Waals surface area contributed by atoms with Crippen molar-refractivity contribution in [3.8, 4) is 6.07 Å². The normalized spacial score (nSPS) is 9.55. The molecule has 0 bridgehead atoms. The van der Waals surface area contributed by atoms with Crippen LogP contribution in [0, 0.1) is 11.3 Å². The van der Waals surface area contributed by atoms with Gasteiger partial charge in [-0.3, -0.25) is 0 Å². The van der Waals surface area contributed by atoms with Crippen LogP contribution in [0.1, 0.15) is 11.4 Å². The molecule has 0 aliphatic heterocycles. The smallest absolute Gasteiger partial charge is 0.120 e. The number of nitrogens with zero attached hydrogens (tertiary/aromatic N) is 2. The fraction of sp³-hybridized carbons (Fsp3) is 0.375. The Morgan fingerprint density at radius 3 is 2.82 bits per heavy atom.